The number of aromatic nitrogens is 2. The van der Waals surface area contributed by atoms with Gasteiger partial charge in [-0.3, -0.25) is 0 Å². The number of piperidine rings is 1. The molecule has 2 rings (SSSR count). The lowest BCUT2D eigenvalue weighted by Gasteiger charge is -2.36. The van der Waals surface area contributed by atoms with E-state index in [1.165, 1.54) is 25.9 Å². The summed E-state index contributed by atoms with van der Waals surface area (Å²) in [5.41, 5.74) is 0. The van der Waals surface area contributed by atoms with Gasteiger partial charge in [0.05, 0.1) is 0 Å². The largest absolute Gasteiger partial charge is 0.338 e. The molecule has 88 valence electrons. The molecule has 0 N–H and O–H groups in total. The molecule has 1 aliphatic rings. The van der Waals surface area contributed by atoms with Gasteiger partial charge in [-0.1, -0.05) is 0 Å². The summed E-state index contributed by atoms with van der Waals surface area (Å²) in [6.07, 6.45) is 6.06. The van der Waals surface area contributed by atoms with E-state index in [1.807, 2.05) is 18.5 Å². The first-order valence-electron chi connectivity index (χ1n) is 6.03. The van der Waals surface area contributed by atoms with E-state index < -0.39 is 0 Å². The Labute approximate surface area is 97.3 Å². The van der Waals surface area contributed by atoms with Crippen molar-refractivity contribution in [1.82, 2.24) is 14.9 Å². The monoisotopic (exact) mass is 220 g/mol. The van der Waals surface area contributed by atoms with Crippen molar-refractivity contribution < 1.29 is 0 Å². The molecule has 0 aromatic carbocycles. The van der Waals surface area contributed by atoms with Crippen LogP contribution in [-0.2, 0) is 0 Å². The van der Waals surface area contributed by atoms with Crippen LogP contribution in [-0.4, -0.2) is 47.6 Å². The van der Waals surface area contributed by atoms with E-state index in [9.17, 15) is 0 Å². The Morgan fingerprint density at radius 2 is 1.94 bits per heavy atom. The Hall–Kier alpha value is -1.16. The maximum Gasteiger partial charge on any atom is 0.225 e. The third-order valence-corrected chi connectivity index (χ3v) is 3.28. The quantitative estimate of drug-likeness (QED) is 0.770. The molecule has 0 amide bonds. The van der Waals surface area contributed by atoms with Crippen molar-refractivity contribution in [2.45, 2.75) is 25.8 Å². The second kappa shape index (κ2) is 5.25. The van der Waals surface area contributed by atoms with Crippen LogP contribution >= 0.6 is 0 Å². The molecular formula is C12H20N4. The number of rotatable bonds is 3. The van der Waals surface area contributed by atoms with Gasteiger partial charge in [-0.25, -0.2) is 9.97 Å². The molecule has 1 aliphatic heterocycles. The number of likely N-dealkylation sites (tertiary alicyclic amines) is 1. The Balaban J connectivity index is 2.05. The van der Waals surface area contributed by atoms with Crippen LogP contribution < -0.4 is 4.90 Å². The Morgan fingerprint density at radius 3 is 2.50 bits per heavy atom. The van der Waals surface area contributed by atoms with Crippen molar-refractivity contribution in [3.8, 4) is 0 Å². The van der Waals surface area contributed by atoms with Gasteiger partial charge in [0.25, 0.3) is 0 Å². The molecule has 16 heavy (non-hydrogen) atoms. The lowest BCUT2D eigenvalue weighted by Crippen LogP contribution is -2.44. The van der Waals surface area contributed by atoms with Crippen LogP contribution in [0.25, 0.3) is 0 Å². The zero-order valence-electron chi connectivity index (χ0n) is 10.1. The Morgan fingerprint density at radius 1 is 1.31 bits per heavy atom. The molecule has 0 spiro atoms. The predicted molar refractivity (Wildman–Crippen MR) is 65.6 cm³/mol. The van der Waals surface area contributed by atoms with E-state index in [0.29, 0.717) is 6.04 Å². The standard InChI is InChI=1S/C12H20N4/c1-3-16(12-13-7-4-8-14-12)11-5-9-15(2)10-6-11/h4,7-8,11H,3,5-6,9-10H2,1-2H3. The van der Waals surface area contributed by atoms with Gasteiger partial charge in [-0.15, -0.1) is 0 Å². The summed E-state index contributed by atoms with van der Waals surface area (Å²) < 4.78 is 0. The minimum atomic E-state index is 0.601. The van der Waals surface area contributed by atoms with Crippen molar-refractivity contribution in [2.24, 2.45) is 0 Å². The molecule has 1 fully saturated rings. The van der Waals surface area contributed by atoms with E-state index in [-0.39, 0.29) is 0 Å². The zero-order chi connectivity index (χ0) is 11.4. The Kier molecular flexibility index (Phi) is 3.72. The molecule has 0 aliphatic carbocycles. The van der Waals surface area contributed by atoms with Gasteiger partial charge >= 0.3 is 0 Å². The minimum absolute atomic E-state index is 0.601. The molecule has 2 heterocycles. The summed E-state index contributed by atoms with van der Waals surface area (Å²) >= 11 is 0. The van der Waals surface area contributed by atoms with Crippen molar-refractivity contribution in [3.05, 3.63) is 18.5 Å². The van der Waals surface area contributed by atoms with E-state index in [4.69, 9.17) is 0 Å². The van der Waals surface area contributed by atoms with Crippen molar-refractivity contribution in [3.63, 3.8) is 0 Å². The molecule has 0 radical (unpaired) electrons. The van der Waals surface area contributed by atoms with Crippen molar-refractivity contribution in [1.29, 1.82) is 0 Å². The van der Waals surface area contributed by atoms with Crippen LogP contribution in [0.2, 0.25) is 0 Å². The average Bonchev–Trinajstić information content (AvgIpc) is 2.34. The molecular weight excluding hydrogens is 200 g/mol. The van der Waals surface area contributed by atoms with Gasteiger partial charge in [-0.05, 0) is 46.0 Å². The average molecular weight is 220 g/mol. The SMILES string of the molecule is CCN(c1ncccn1)C1CCN(C)CC1. The third-order valence-electron chi connectivity index (χ3n) is 3.28. The summed E-state index contributed by atoms with van der Waals surface area (Å²) in [6, 6.07) is 2.47. The number of hydrogen-bond acceptors (Lipinski definition) is 4. The van der Waals surface area contributed by atoms with Gasteiger partial charge in [-0.2, -0.15) is 0 Å². The number of nitrogens with zero attached hydrogens (tertiary/aromatic N) is 4. The molecule has 0 atom stereocenters. The maximum absolute atomic E-state index is 4.35. The van der Waals surface area contributed by atoms with Gasteiger partial charge in [0.1, 0.15) is 0 Å². The molecule has 1 aromatic rings. The molecule has 0 bridgehead atoms. The van der Waals surface area contributed by atoms with Crippen molar-refractivity contribution >= 4 is 5.95 Å². The number of hydrogen-bond donors (Lipinski definition) is 0. The molecule has 0 saturated carbocycles. The van der Waals surface area contributed by atoms with E-state index in [2.05, 4.69) is 33.7 Å². The summed E-state index contributed by atoms with van der Waals surface area (Å²) in [5.74, 6) is 0.875. The first-order chi connectivity index (χ1) is 7.81. The van der Waals surface area contributed by atoms with Gasteiger partial charge < -0.3 is 9.80 Å². The van der Waals surface area contributed by atoms with Gasteiger partial charge in [0, 0.05) is 25.0 Å². The normalized spacial score (nSPS) is 18.6. The summed E-state index contributed by atoms with van der Waals surface area (Å²) in [4.78, 5) is 13.4. The highest BCUT2D eigenvalue weighted by molar-refractivity contribution is 5.30. The second-order valence-electron chi connectivity index (χ2n) is 4.37. The lowest BCUT2D eigenvalue weighted by atomic mass is 10.0. The minimum Gasteiger partial charge on any atom is -0.338 e. The summed E-state index contributed by atoms with van der Waals surface area (Å²) in [6.45, 7) is 5.51. The number of anilines is 1. The van der Waals surface area contributed by atoms with Crippen LogP contribution in [0.15, 0.2) is 18.5 Å². The second-order valence-corrected chi connectivity index (χ2v) is 4.37. The fourth-order valence-electron chi connectivity index (χ4n) is 2.31. The smallest absolute Gasteiger partial charge is 0.225 e. The Bertz CT molecular complexity index is 306. The first kappa shape index (κ1) is 11.3. The van der Waals surface area contributed by atoms with Gasteiger partial charge in [0.15, 0.2) is 0 Å². The highest BCUT2D eigenvalue weighted by Crippen LogP contribution is 2.19. The molecule has 4 nitrogen and oxygen atoms in total. The highest BCUT2D eigenvalue weighted by atomic mass is 15.3. The van der Waals surface area contributed by atoms with Crippen LogP contribution in [0.4, 0.5) is 5.95 Å². The van der Waals surface area contributed by atoms with E-state index in [0.717, 1.165) is 12.5 Å². The summed E-state index contributed by atoms with van der Waals surface area (Å²) in [5, 5.41) is 0. The molecule has 0 unspecified atom stereocenters. The van der Waals surface area contributed by atoms with Gasteiger partial charge in [0.2, 0.25) is 5.95 Å². The lowest BCUT2D eigenvalue weighted by molar-refractivity contribution is 0.249. The highest BCUT2D eigenvalue weighted by Gasteiger charge is 2.23. The van der Waals surface area contributed by atoms with E-state index >= 15 is 0 Å². The fourth-order valence-corrected chi connectivity index (χ4v) is 2.31. The predicted octanol–water partition coefficient (Wildman–Crippen LogP) is 1.40. The summed E-state index contributed by atoms with van der Waals surface area (Å²) in [7, 11) is 2.19. The van der Waals surface area contributed by atoms with Crippen LogP contribution in [0.3, 0.4) is 0 Å². The van der Waals surface area contributed by atoms with Crippen LogP contribution in [0.1, 0.15) is 19.8 Å². The maximum atomic E-state index is 4.35. The molecule has 1 aromatic heterocycles. The fraction of sp³-hybridized carbons (Fsp3) is 0.667. The van der Waals surface area contributed by atoms with Crippen LogP contribution in [0.5, 0.6) is 0 Å². The van der Waals surface area contributed by atoms with E-state index in [1.54, 1.807) is 0 Å². The van der Waals surface area contributed by atoms with Crippen molar-refractivity contribution in [2.75, 3.05) is 31.6 Å². The zero-order valence-corrected chi connectivity index (χ0v) is 10.1. The third kappa shape index (κ3) is 2.50. The molecule has 4 heteroatoms. The topological polar surface area (TPSA) is 32.3 Å². The van der Waals surface area contributed by atoms with Crippen LogP contribution in [0, 0.1) is 0 Å². The first-order valence-corrected chi connectivity index (χ1v) is 6.03. The molecule has 1 saturated heterocycles.